The summed E-state index contributed by atoms with van der Waals surface area (Å²) >= 11 is 0. The van der Waals surface area contributed by atoms with E-state index >= 15 is 0 Å². The molecule has 0 bridgehead atoms. The third kappa shape index (κ3) is 3.42. The highest BCUT2D eigenvalue weighted by Gasteiger charge is 2.21. The van der Waals surface area contributed by atoms with Gasteiger partial charge >= 0.3 is 0 Å². The van der Waals surface area contributed by atoms with Crippen LogP contribution in [0.3, 0.4) is 0 Å². The Morgan fingerprint density at radius 3 is 2.79 bits per heavy atom. The Kier molecular flexibility index (Phi) is 4.95. The van der Waals surface area contributed by atoms with Crippen molar-refractivity contribution >= 4 is 22.8 Å². The third-order valence-corrected chi connectivity index (χ3v) is 4.59. The number of aromatic nitrogens is 5. The monoisotopic (exact) mass is 378 g/mol. The minimum Gasteiger partial charge on any atom is -0.384 e. The lowest BCUT2D eigenvalue weighted by Crippen LogP contribution is -2.44. The minimum absolute atomic E-state index is 0.228. The molecule has 9 nitrogen and oxygen atoms in total. The van der Waals surface area contributed by atoms with Gasteiger partial charge in [-0.1, -0.05) is 18.9 Å². The lowest BCUT2D eigenvalue weighted by atomic mass is 10.3. The quantitative estimate of drug-likeness (QED) is 0.629. The van der Waals surface area contributed by atoms with Crippen molar-refractivity contribution in [3.63, 3.8) is 0 Å². The second-order valence-electron chi connectivity index (χ2n) is 6.56. The van der Waals surface area contributed by atoms with Gasteiger partial charge in [0.05, 0.1) is 12.7 Å². The normalized spacial score (nSPS) is 14.1. The number of anilines is 2. The SMILES string of the molecule is CCC#Cn1c(N2CCNCC2)nc2cnn(Cc3ccc(N)nc3)c(=O)c21. The topological polar surface area (TPSA) is 107 Å². The molecule has 1 aliphatic rings. The van der Waals surface area contributed by atoms with Crippen LogP contribution in [0.25, 0.3) is 11.0 Å². The smallest absolute Gasteiger partial charge is 0.294 e. The number of piperazine rings is 1. The number of imidazole rings is 1. The molecule has 0 aliphatic carbocycles. The summed E-state index contributed by atoms with van der Waals surface area (Å²) in [4.78, 5) is 24.1. The third-order valence-electron chi connectivity index (χ3n) is 4.59. The van der Waals surface area contributed by atoms with E-state index in [2.05, 4.69) is 37.2 Å². The van der Waals surface area contributed by atoms with Crippen LogP contribution in [0.4, 0.5) is 11.8 Å². The number of hydrogen-bond donors (Lipinski definition) is 2. The Morgan fingerprint density at radius 1 is 1.25 bits per heavy atom. The Labute approximate surface area is 162 Å². The molecule has 0 unspecified atom stereocenters. The van der Waals surface area contributed by atoms with Crippen molar-refractivity contribution in [2.45, 2.75) is 19.9 Å². The first kappa shape index (κ1) is 18.0. The molecule has 0 amide bonds. The Morgan fingerprint density at radius 2 is 2.07 bits per heavy atom. The summed E-state index contributed by atoms with van der Waals surface area (Å²) in [5, 5.41) is 7.62. The van der Waals surface area contributed by atoms with E-state index in [0.717, 1.165) is 31.7 Å². The van der Waals surface area contributed by atoms with Crippen LogP contribution in [0.2, 0.25) is 0 Å². The van der Waals surface area contributed by atoms with Crippen LogP contribution in [0.15, 0.2) is 29.3 Å². The molecule has 3 aromatic heterocycles. The average Bonchev–Trinajstić information content (AvgIpc) is 3.10. The molecule has 1 aliphatic heterocycles. The van der Waals surface area contributed by atoms with Crippen LogP contribution in [0, 0.1) is 12.0 Å². The lowest BCUT2D eigenvalue weighted by Gasteiger charge is -2.27. The summed E-state index contributed by atoms with van der Waals surface area (Å²) in [7, 11) is 0. The van der Waals surface area contributed by atoms with Gasteiger partial charge in [0.1, 0.15) is 11.3 Å². The van der Waals surface area contributed by atoms with Gasteiger partial charge in [-0.25, -0.2) is 19.2 Å². The van der Waals surface area contributed by atoms with E-state index < -0.39 is 0 Å². The molecule has 1 fully saturated rings. The number of pyridine rings is 1. The van der Waals surface area contributed by atoms with Gasteiger partial charge < -0.3 is 16.0 Å². The minimum atomic E-state index is -0.228. The summed E-state index contributed by atoms with van der Waals surface area (Å²) in [6.45, 7) is 5.65. The average molecular weight is 378 g/mol. The number of rotatable bonds is 3. The molecule has 1 saturated heterocycles. The predicted molar refractivity (Wildman–Crippen MR) is 108 cm³/mol. The molecule has 144 valence electrons. The fraction of sp³-hybridized carbons (Fsp3) is 0.368. The van der Waals surface area contributed by atoms with E-state index in [1.165, 1.54) is 4.68 Å². The molecule has 0 aromatic carbocycles. The second kappa shape index (κ2) is 7.70. The van der Waals surface area contributed by atoms with Gasteiger partial charge in [-0.3, -0.25) is 4.79 Å². The molecular formula is C19H22N8O. The Hall–Kier alpha value is -3.38. The first-order valence-corrected chi connectivity index (χ1v) is 9.31. The van der Waals surface area contributed by atoms with Crippen molar-refractivity contribution < 1.29 is 0 Å². The summed E-state index contributed by atoms with van der Waals surface area (Å²) in [5.41, 5.74) is 7.25. The first-order valence-electron chi connectivity index (χ1n) is 9.31. The Bertz CT molecular complexity index is 1100. The highest BCUT2D eigenvalue weighted by molar-refractivity contribution is 5.78. The van der Waals surface area contributed by atoms with E-state index in [1.807, 2.05) is 13.0 Å². The lowest BCUT2D eigenvalue weighted by molar-refractivity contribution is 0.579. The van der Waals surface area contributed by atoms with Crippen molar-refractivity contribution in [3.05, 3.63) is 40.4 Å². The molecule has 4 rings (SSSR count). The number of fused-ring (bicyclic) bond motifs is 1. The van der Waals surface area contributed by atoms with E-state index in [4.69, 9.17) is 5.73 Å². The van der Waals surface area contributed by atoms with Crippen LogP contribution < -0.4 is 21.5 Å². The van der Waals surface area contributed by atoms with Crippen LogP contribution >= 0.6 is 0 Å². The summed E-state index contributed by atoms with van der Waals surface area (Å²) in [5.74, 6) is 4.20. The maximum Gasteiger partial charge on any atom is 0.294 e. The molecule has 0 spiro atoms. The zero-order chi connectivity index (χ0) is 19.5. The van der Waals surface area contributed by atoms with E-state index in [0.29, 0.717) is 35.8 Å². The summed E-state index contributed by atoms with van der Waals surface area (Å²) < 4.78 is 3.12. The van der Waals surface area contributed by atoms with E-state index in [9.17, 15) is 4.79 Å². The maximum absolute atomic E-state index is 13.2. The van der Waals surface area contributed by atoms with Gasteiger partial charge in [0.25, 0.3) is 5.56 Å². The molecule has 0 radical (unpaired) electrons. The zero-order valence-electron chi connectivity index (χ0n) is 15.7. The second-order valence-corrected chi connectivity index (χ2v) is 6.56. The summed E-state index contributed by atoms with van der Waals surface area (Å²) in [6, 6.07) is 6.64. The molecule has 3 aromatic rings. The fourth-order valence-electron chi connectivity index (χ4n) is 3.18. The van der Waals surface area contributed by atoms with Crippen molar-refractivity contribution in [1.29, 1.82) is 0 Å². The van der Waals surface area contributed by atoms with Gasteiger partial charge in [0.15, 0.2) is 5.52 Å². The number of nitrogen functional groups attached to an aromatic ring is 1. The van der Waals surface area contributed by atoms with Gasteiger partial charge in [-0.05, 0) is 11.6 Å². The molecular weight excluding hydrogens is 356 g/mol. The summed E-state index contributed by atoms with van der Waals surface area (Å²) in [6.07, 6.45) is 3.96. The number of nitrogens with one attached hydrogen (secondary N) is 1. The van der Waals surface area contributed by atoms with Crippen molar-refractivity contribution in [1.82, 2.24) is 29.6 Å². The standard InChI is InChI=1S/C19H22N8O/c1-2-3-8-26-17-15(24-19(26)25-9-6-21-7-10-25)12-23-27(18(17)28)13-14-4-5-16(20)22-11-14/h4-5,11-12,21H,2,6-7,9-10,13H2,1H3,(H2,20,22). The first-order chi connectivity index (χ1) is 13.7. The van der Waals surface area contributed by atoms with Gasteiger partial charge in [0, 0.05) is 44.8 Å². The number of nitrogens with two attached hydrogens (primary N) is 1. The fourth-order valence-corrected chi connectivity index (χ4v) is 3.18. The van der Waals surface area contributed by atoms with Gasteiger partial charge in [-0.2, -0.15) is 5.10 Å². The van der Waals surface area contributed by atoms with Crippen LogP contribution in [-0.4, -0.2) is 50.5 Å². The van der Waals surface area contributed by atoms with E-state index in [-0.39, 0.29) is 5.56 Å². The highest BCUT2D eigenvalue weighted by atomic mass is 16.1. The molecule has 0 saturated carbocycles. The maximum atomic E-state index is 13.2. The molecule has 9 heteroatoms. The molecule has 0 atom stereocenters. The number of hydrogen-bond acceptors (Lipinski definition) is 7. The predicted octanol–water partition coefficient (Wildman–Crippen LogP) is 0.247. The zero-order valence-corrected chi connectivity index (χ0v) is 15.7. The Balaban J connectivity index is 1.81. The largest absolute Gasteiger partial charge is 0.384 e. The van der Waals surface area contributed by atoms with Crippen LogP contribution in [0.5, 0.6) is 0 Å². The molecule has 3 N–H and O–H groups in total. The van der Waals surface area contributed by atoms with E-state index in [1.54, 1.807) is 23.0 Å². The number of nitrogens with zero attached hydrogens (tertiary/aromatic N) is 6. The van der Waals surface area contributed by atoms with Crippen molar-refractivity contribution in [3.8, 4) is 12.0 Å². The van der Waals surface area contributed by atoms with Crippen LogP contribution in [-0.2, 0) is 6.54 Å². The van der Waals surface area contributed by atoms with Gasteiger partial charge in [-0.15, -0.1) is 0 Å². The van der Waals surface area contributed by atoms with Gasteiger partial charge in [0.2, 0.25) is 5.95 Å². The molecule has 4 heterocycles. The van der Waals surface area contributed by atoms with Crippen LogP contribution in [0.1, 0.15) is 18.9 Å². The van der Waals surface area contributed by atoms with Crippen molar-refractivity contribution in [2.75, 3.05) is 36.8 Å². The highest BCUT2D eigenvalue weighted by Crippen LogP contribution is 2.19. The molecule has 28 heavy (non-hydrogen) atoms. The van der Waals surface area contributed by atoms with Crippen molar-refractivity contribution in [2.24, 2.45) is 0 Å².